The Labute approximate surface area is 217 Å². The van der Waals surface area contributed by atoms with Gasteiger partial charge in [-0.05, 0) is 82.4 Å². The summed E-state index contributed by atoms with van der Waals surface area (Å²) >= 11 is 0. The van der Waals surface area contributed by atoms with E-state index in [0.717, 1.165) is 18.5 Å². The summed E-state index contributed by atoms with van der Waals surface area (Å²) in [6, 6.07) is 5.66. The lowest BCUT2D eigenvalue weighted by molar-refractivity contribution is -0.124. The molecule has 2 heterocycles. The minimum absolute atomic E-state index is 0.110. The molecule has 7 rings (SSSR count). The molecule has 4 bridgehead atoms. The molecule has 4 amide bonds. The molecule has 37 heavy (non-hydrogen) atoms. The number of fused-ring (bicyclic) bond motifs is 10. The Kier molecular flexibility index (Phi) is 4.74. The van der Waals surface area contributed by atoms with Crippen molar-refractivity contribution in [3.63, 3.8) is 0 Å². The van der Waals surface area contributed by atoms with Crippen LogP contribution in [0.4, 0.5) is 17.1 Å². The van der Waals surface area contributed by atoms with Crippen LogP contribution >= 0.6 is 0 Å². The van der Waals surface area contributed by atoms with Crippen molar-refractivity contribution in [1.29, 1.82) is 0 Å². The van der Waals surface area contributed by atoms with Crippen molar-refractivity contribution >= 4 is 40.7 Å². The summed E-state index contributed by atoms with van der Waals surface area (Å²) in [5.41, 5.74) is 1.72. The van der Waals surface area contributed by atoms with E-state index in [0.29, 0.717) is 11.4 Å². The molecule has 4 aliphatic carbocycles. The second-order valence-corrected chi connectivity index (χ2v) is 12.3. The van der Waals surface area contributed by atoms with Gasteiger partial charge < -0.3 is 4.90 Å². The fraction of sp³-hybridized carbons (Fsp3) is 0.533. The van der Waals surface area contributed by atoms with Gasteiger partial charge >= 0.3 is 0 Å². The van der Waals surface area contributed by atoms with E-state index in [-0.39, 0.29) is 83.1 Å². The summed E-state index contributed by atoms with van der Waals surface area (Å²) in [6.07, 6.45) is 10.1. The summed E-state index contributed by atoms with van der Waals surface area (Å²) < 4.78 is 0. The molecule has 192 valence electrons. The zero-order chi connectivity index (χ0) is 25.9. The molecule has 8 atom stereocenters. The minimum Gasteiger partial charge on any atom is -0.365 e. The zero-order valence-electron chi connectivity index (χ0n) is 21.7. The molecule has 7 nitrogen and oxygen atoms in total. The molecular formula is C30H33N3O4. The minimum atomic E-state index is -0.318. The molecule has 0 spiro atoms. The first kappa shape index (κ1) is 22.9. The third-order valence-electron chi connectivity index (χ3n) is 9.79. The van der Waals surface area contributed by atoms with Crippen molar-refractivity contribution in [1.82, 2.24) is 0 Å². The van der Waals surface area contributed by atoms with Gasteiger partial charge in [-0.3, -0.25) is 19.2 Å². The number of hydrogen-bond acceptors (Lipinski definition) is 5. The van der Waals surface area contributed by atoms with Crippen LogP contribution < -0.4 is 14.7 Å². The number of rotatable bonds is 5. The Balaban J connectivity index is 1.33. The number of benzene rings is 1. The maximum absolute atomic E-state index is 13.8. The zero-order valence-corrected chi connectivity index (χ0v) is 21.7. The summed E-state index contributed by atoms with van der Waals surface area (Å²) in [6.45, 7) is 8.34. The summed E-state index contributed by atoms with van der Waals surface area (Å²) in [4.78, 5) is 59.6. The average molecular weight is 500 g/mol. The van der Waals surface area contributed by atoms with Crippen molar-refractivity contribution in [2.24, 2.45) is 47.3 Å². The number of allylic oxidation sites excluding steroid dienone is 4. The van der Waals surface area contributed by atoms with Gasteiger partial charge in [0, 0.05) is 12.1 Å². The highest BCUT2D eigenvalue weighted by molar-refractivity contribution is 6.26. The van der Waals surface area contributed by atoms with E-state index in [2.05, 4.69) is 56.9 Å². The lowest BCUT2D eigenvalue weighted by Crippen LogP contribution is -2.40. The molecule has 6 aliphatic rings. The van der Waals surface area contributed by atoms with E-state index in [1.54, 1.807) is 12.1 Å². The quantitative estimate of drug-likeness (QED) is 0.453. The van der Waals surface area contributed by atoms with E-state index in [4.69, 9.17) is 0 Å². The second-order valence-electron chi connectivity index (χ2n) is 12.3. The first-order chi connectivity index (χ1) is 17.7. The molecule has 0 N–H and O–H groups in total. The lowest BCUT2D eigenvalue weighted by atomic mass is 9.85. The maximum atomic E-state index is 13.8. The first-order valence-electron chi connectivity index (χ1n) is 13.7. The molecule has 2 aliphatic heterocycles. The third-order valence-corrected chi connectivity index (χ3v) is 9.79. The van der Waals surface area contributed by atoms with Crippen LogP contribution in [0, 0.1) is 47.3 Å². The Bertz CT molecular complexity index is 1240. The van der Waals surface area contributed by atoms with Gasteiger partial charge in [0.15, 0.2) is 0 Å². The van der Waals surface area contributed by atoms with E-state index in [1.807, 2.05) is 6.07 Å². The highest BCUT2D eigenvalue weighted by Gasteiger charge is 2.61. The molecule has 7 heteroatoms. The third kappa shape index (κ3) is 2.88. The second kappa shape index (κ2) is 7.65. The van der Waals surface area contributed by atoms with E-state index >= 15 is 0 Å². The lowest BCUT2D eigenvalue weighted by Gasteiger charge is -2.36. The van der Waals surface area contributed by atoms with E-state index < -0.39 is 0 Å². The monoisotopic (exact) mass is 499 g/mol. The Morgan fingerprint density at radius 2 is 1.05 bits per heavy atom. The van der Waals surface area contributed by atoms with Gasteiger partial charge in [-0.1, -0.05) is 24.3 Å². The smallest absolute Gasteiger partial charge is 0.238 e. The van der Waals surface area contributed by atoms with Crippen LogP contribution in [-0.2, 0) is 19.2 Å². The molecule has 8 unspecified atom stereocenters. The number of imide groups is 2. The molecular weight excluding hydrogens is 466 g/mol. The number of anilines is 3. The van der Waals surface area contributed by atoms with Gasteiger partial charge in [0.1, 0.15) is 0 Å². The van der Waals surface area contributed by atoms with Crippen LogP contribution in [-0.4, -0.2) is 35.7 Å². The predicted octanol–water partition coefficient (Wildman–Crippen LogP) is 3.93. The Hall–Kier alpha value is -3.22. The van der Waals surface area contributed by atoms with E-state index in [1.165, 1.54) is 9.80 Å². The highest BCUT2D eigenvalue weighted by Crippen LogP contribution is 2.56. The Morgan fingerprint density at radius 1 is 0.649 bits per heavy atom. The van der Waals surface area contributed by atoms with Gasteiger partial charge in [0.2, 0.25) is 23.6 Å². The van der Waals surface area contributed by atoms with Crippen LogP contribution in [0.25, 0.3) is 0 Å². The molecule has 2 saturated heterocycles. The summed E-state index contributed by atoms with van der Waals surface area (Å²) in [7, 11) is 0. The SMILES string of the molecule is CC(C)N(c1ccc(N2C(=O)C3C4C=CC(C4)C3C2=O)cc1N1C(=O)C2C3C=CC(C3)C2C1=O)C(C)C. The van der Waals surface area contributed by atoms with Gasteiger partial charge in [-0.25, -0.2) is 9.80 Å². The fourth-order valence-corrected chi connectivity index (χ4v) is 8.50. The molecule has 1 aromatic carbocycles. The van der Waals surface area contributed by atoms with Gasteiger partial charge in [0.25, 0.3) is 0 Å². The number of carbonyl (C=O) groups excluding carboxylic acids is 4. The van der Waals surface area contributed by atoms with Crippen molar-refractivity contribution in [2.45, 2.75) is 52.6 Å². The number of nitrogens with zero attached hydrogens (tertiary/aromatic N) is 3. The van der Waals surface area contributed by atoms with Crippen LogP contribution in [0.2, 0.25) is 0 Å². The van der Waals surface area contributed by atoms with Crippen LogP contribution in [0.5, 0.6) is 0 Å². The molecule has 4 fully saturated rings. The molecule has 2 saturated carbocycles. The van der Waals surface area contributed by atoms with Crippen LogP contribution in [0.3, 0.4) is 0 Å². The van der Waals surface area contributed by atoms with E-state index in [9.17, 15) is 19.2 Å². The average Bonchev–Trinajstić information content (AvgIpc) is 3.67. The van der Waals surface area contributed by atoms with Crippen molar-refractivity contribution in [3.05, 3.63) is 42.5 Å². The van der Waals surface area contributed by atoms with Gasteiger partial charge in [-0.2, -0.15) is 0 Å². The molecule has 1 aromatic rings. The fourth-order valence-electron chi connectivity index (χ4n) is 8.50. The van der Waals surface area contributed by atoms with Crippen LogP contribution in [0.1, 0.15) is 40.5 Å². The highest BCUT2D eigenvalue weighted by atomic mass is 16.2. The summed E-state index contributed by atoms with van der Waals surface area (Å²) in [5.74, 6) is -1.41. The number of amides is 4. The molecule has 0 aromatic heterocycles. The topological polar surface area (TPSA) is 78.0 Å². The maximum Gasteiger partial charge on any atom is 0.238 e. The van der Waals surface area contributed by atoms with Crippen LogP contribution in [0.15, 0.2) is 42.5 Å². The van der Waals surface area contributed by atoms with Gasteiger partial charge in [-0.15, -0.1) is 0 Å². The normalized spacial score (nSPS) is 36.8. The first-order valence-corrected chi connectivity index (χ1v) is 13.7. The van der Waals surface area contributed by atoms with Crippen molar-refractivity contribution in [3.8, 4) is 0 Å². The Morgan fingerprint density at radius 3 is 1.46 bits per heavy atom. The number of hydrogen-bond donors (Lipinski definition) is 0. The van der Waals surface area contributed by atoms with Gasteiger partial charge in [0.05, 0.1) is 40.7 Å². The van der Waals surface area contributed by atoms with Crippen molar-refractivity contribution < 1.29 is 19.2 Å². The standard InChI is InChI=1S/C30H33N3O4/c1-14(2)31(15(3)4)21-10-9-20(32-27(34)23-16-5-6-17(11-16)24(23)28(32)35)13-22(21)33-29(36)25-18-7-8-19(12-18)26(25)30(33)37/h5-10,13-19,23-26H,11-12H2,1-4H3. The summed E-state index contributed by atoms with van der Waals surface area (Å²) in [5, 5.41) is 0. The predicted molar refractivity (Wildman–Crippen MR) is 140 cm³/mol. The van der Waals surface area contributed by atoms with Crippen molar-refractivity contribution in [2.75, 3.05) is 14.7 Å². The molecule has 0 radical (unpaired) electrons. The largest absolute Gasteiger partial charge is 0.365 e. The number of carbonyl (C=O) groups is 4.